The van der Waals surface area contributed by atoms with Crippen LogP contribution in [0.1, 0.15) is 25.8 Å². The van der Waals surface area contributed by atoms with E-state index in [4.69, 9.17) is 5.11 Å². The summed E-state index contributed by atoms with van der Waals surface area (Å²) in [5.41, 5.74) is -0.406. The molecular formula is C12H18FNO3S. The van der Waals surface area contributed by atoms with Gasteiger partial charge >= 0.3 is 0 Å². The van der Waals surface area contributed by atoms with Gasteiger partial charge in [-0.05, 0) is 51.0 Å². The van der Waals surface area contributed by atoms with E-state index in [-0.39, 0.29) is 11.5 Å². The molecule has 2 N–H and O–H groups in total. The molecule has 0 saturated carbocycles. The topological polar surface area (TPSA) is 66.4 Å². The fourth-order valence-corrected chi connectivity index (χ4v) is 3.33. The third kappa shape index (κ3) is 3.76. The van der Waals surface area contributed by atoms with Crippen LogP contribution in [0.15, 0.2) is 23.1 Å². The summed E-state index contributed by atoms with van der Waals surface area (Å²) in [4.78, 5) is 0.0508. The summed E-state index contributed by atoms with van der Waals surface area (Å²) < 4.78 is 39.7. The number of sulfonamides is 1. The number of halogens is 1. The van der Waals surface area contributed by atoms with Crippen molar-refractivity contribution in [3.63, 3.8) is 0 Å². The predicted molar refractivity (Wildman–Crippen MR) is 67.2 cm³/mol. The third-order valence-electron chi connectivity index (χ3n) is 2.57. The average Bonchev–Trinajstić information content (AvgIpc) is 2.14. The minimum Gasteiger partial charge on any atom is -0.396 e. The summed E-state index contributed by atoms with van der Waals surface area (Å²) >= 11 is 0. The molecule has 0 spiro atoms. The van der Waals surface area contributed by atoms with Crippen LogP contribution in [0, 0.1) is 12.7 Å². The Bertz CT molecular complexity index is 526. The van der Waals surface area contributed by atoms with Crippen LogP contribution in [-0.2, 0) is 10.0 Å². The SMILES string of the molecule is Cc1cc(F)ccc1S(=O)(=O)NC(C)(C)CCO. The number of rotatable bonds is 5. The van der Waals surface area contributed by atoms with E-state index in [0.29, 0.717) is 12.0 Å². The number of aryl methyl sites for hydroxylation is 1. The number of nitrogens with one attached hydrogen (secondary N) is 1. The number of aliphatic hydroxyl groups is 1. The van der Waals surface area contributed by atoms with Crippen LogP contribution >= 0.6 is 0 Å². The number of hydrogen-bond donors (Lipinski definition) is 2. The van der Waals surface area contributed by atoms with Gasteiger partial charge in [0.25, 0.3) is 0 Å². The number of benzene rings is 1. The molecule has 1 aromatic carbocycles. The first-order valence-electron chi connectivity index (χ1n) is 5.59. The molecule has 0 heterocycles. The molecule has 0 radical (unpaired) electrons. The molecule has 0 unspecified atom stereocenters. The van der Waals surface area contributed by atoms with Crippen LogP contribution in [0.3, 0.4) is 0 Å². The molecule has 0 aliphatic carbocycles. The van der Waals surface area contributed by atoms with Crippen LogP contribution in [-0.4, -0.2) is 25.7 Å². The first-order chi connectivity index (χ1) is 8.18. The van der Waals surface area contributed by atoms with Crippen molar-refractivity contribution in [1.29, 1.82) is 0 Å². The summed E-state index contributed by atoms with van der Waals surface area (Å²) in [5, 5.41) is 8.88. The fourth-order valence-electron chi connectivity index (χ4n) is 1.66. The van der Waals surface area contributed by atoms with Gasteiger partial charge in [0.2, 0.25) is 10.0 Å². The zero-order valence-corrected chi connectivity index (χ0v) is 11.5. The predicted octanol–water partition coefficient (Wildman–Crippen LogP) is 1.57. The summed E-state index contributed by atoms with van der Waals surface area (Å²) in [6, 6.07) is 3.52. The quantitative estimate of drug-likeness (QED) is 0.857. The van der Waals surface area contributed by atoms with E-state index in [1.54, 1.807) is 13.8 Å². The Morgan fingerprint density at radius 2 is 2.00 bits per heavy atom. The molecule has 1 aromatic rings. The molecule has 18 heavy (non-hydrogen) atoms. The Balaban J connectivity index is 3.07. The maximum atomic E-state index is 12.9. The lowest BCUT2D eigenvalue weighted by Crippen LogP contribution is -2.44. The molecule has 0 aromatic heterocycles. The highest BCUT2D eigenvalue weighted by Crippen LogP contribution is 2.19. The minimum absolute atomic E-state index is 0.0508. The Hall–Kier alpha value is -0.980. The van der Waals surface area contributed by atoms with E-state index in [1.165, 1.54) is 19.1 Å². The Morgan fingerprint density at radius 1 is 1.39 bits per heavy atom. The van der Waals surface area contributed by atoms with Crippen molar-refractivity contribution in [3.05, 3.63) is 29.6 Å². The van der Waals surface area contributed by atoms with Crippen LogP contribution < -0.4 is 4.72 Å². The summed E-state index contributed by atoms with van der Waals surface area (Å²) in [7, 11) is -3.72. The smallest absolute Gasteiger partial charge is 0.241 e. The van der Waals surface area contributed by atoms with Gasteiger partial charge in [-0.1, -0.05) is 0 Å². The monoisotopic (exact) mass is 275 g/mol. The van der Waals surface area contributed by atoms with Crippen molar-refractivity contribution in [2.75, 3.05) is 6.61 Å². The van der Waals surface area contributed by atoms with Gasteiger partial charge in [0.05, 0.1) is 4.90 Å². The lowest BCUT2D eigenvalue weighted by Gasteiger charge is -2.25. The zero-order chi connectivity index (χ0) is 14.0. The van der Waals surface area contributed by atoms with Gasteiger partial charge in [-0.2, -0.15) is 0 Å². The molecule has 4 nitrogen and oxygen atoms in total. The first kappa shape index (κ1) is 15.1. The van der Waals surface area contributed by atoms with Crippen LogP contribution in [0.2, 0.25) is 0 Å². The maximum Gasteiger partial charge on any atom is 0.241 e. The Kier molecular flexibility index (Phi) is 4.47. The molecule has 0 atom stereocenters. The van der Waals surface area contributed by atoms with E-state index in [0.717, 1.165) is 6.07 Å². The van der Waals surface area contributed by atoms with Gasteiger partial charge in [0.1, 0.15) is 5.82 Å². The van der Waals surface area contributed by atoms with E-state index in [9.17, 15) is 12.8 Å². The van der Waals surface area contributed by atoms with Crippen molar-refractivity contribution in [2.24, 2.45) is 0 Å². The van der Waals surface area contributed by atoms with Gasteiger partial charge in [-0.15, -0.1) is 0 Å². The summed E-state index contributed by atoms with van der Waals surface area (Å²) in [6.07, 6.45) is 0.298. The molecule has 6 heteroatoms. The van der Waals surface area contributed by atoms with Crippen molar-refractivity contribution in [1.82, 2.24) is 4.72 Å². The van der Waals surface area contributed by atoms with Gasteiger partial charge in [-0.3, -0.25) is 0 Å². The highest BCUT2D eigenvalue weighted by Gasteiger charge is 2.26. The van der Waals surface area contributed by atoms with E-state index in [2.05, 4.69) is 4.72 Å². The zero-order valence-electron chi connectivity index (χ0n) is 10.7. The Labute approximate surface area is 107 Å². The molecule has 0 fully saturated rings. The van der Waals surface area contributed by atoms with Gasteiger partial charge < -0.3 is 5.11 Å². The van der Waals surface area contributed by atoms with Gasteiger partial charge in [-0.25, -0.2) is 17.5 Å². The van der Waals surface area contributed by atoms with Crippen molar-refractivity contribution >= 4 is 10.0 Å². The molecule has 0 aliphatic rings. The second-order valence-electron chi connectivity index (χ2n) is 4.87. The molecule has 102 valence electrons. The second-order valence-corrected chi connectivity index (χ2v) is 6.52. The van der Waals surface area contributed by atoms with E-state index >= 15 is 0 Å². The number of hydrogen-bond acceptors (Lipinski definition) is 3. The van der Waals surface area contributed by atoms with Gasteiger partial charge in [0.15, 0.2) is 0 Å². The normalized spacial score (nSPS) is 12.7. The van der Waals surface area contributed by atoms with Gasteiger partial charge in [0, 0.05) is 12.1 Å². The highest BCUT2D eigenvalue weighted by molar-refractivity contribution is 7.89. The molecular weight excluding hydrogens is 257 g/mol. The summed E-state index contributed by atoms with van der Waals surface area (Å²) in [5.74, 6) is -0.471. The third-order valence-corrected chi connectivity index (χ3v) is 4.43. The second kappa shape index (κ2) is 5.34. The lowest BCUT2D eigenvalue weighted by atomic mass is 10.0. The minimum atomic E-state index is -3.72. The lowest BCUT2D eigenvalue weighted by molar-refractivity contribution is 0.245. The molecule has 0 saturated heterocycles. The largest absolute Gasteiger partial charge is 0.396 e. The maximum absolute atomic E-state index is 12.9. The van der Waals surface area contributed by atoms with E-state index in [1.807, 2.05) is 0 Å². The fraction of sp³-hybridized carbons (Fsp3) is 0.500. The van der Waals surface area contributed by atoms with Crippen molar-refractivity contribution in [3.8, 4) is 0 Å². The van der Waals surface area contributed by atoms with Crippen LogP contribution in [0.25, 0.3) is 0 Å². The number of aliphatic hydroxyl groups excluding tert-OH is 1. The van der Waals surface area contributed by atoms with E-state index < -0.39 is 21.4 Å². The molecule has 0 aliphatic heterocycles. The first-order valence-corrected chi connectivity index (χ1v) is 7.07. The molecule has 0 amide bonds. The standard InChI is InChI=1S/C12H18FNO3S/c1-9-8-10(13)4-5-11(9)18(16,17)14-12(2,3)6-7-15/h4-5,8,14-15H,6-7H2,1-3H3. The highest BCUT2D eigenvalue weighted by atomic mass is 32.2. The molecule has 0 bridgehead atoms. The van der Waals surface area contributed by atoms with Crippen molar-refractivity contribution in [2.45, 2.75) is 37.6 Å². The average molecular weight is 275 g/mol. The van der Waals surface area contributed by atoms with Crippen LogP contribution in [0.5, 0.6) is 0 Å². The summed E-state index contributed by atoms with van der Waals surface area (Å²) in [6.45, 7) is 4.79. The van der Waals surface area contributed by atoms with Crippen molar-refractivity contribution < 1.29 is 17.9 Å². The Morgan fingerprint density at radius 3 is 2.50 bits per heavy atom. The van der Waals surface area contributed by atoms with Crippen LogP contribution in [0.4, 0.5) is 4.39 Å². The molecule has 1 rings (SSSR count).